The molecule has 0 amide bonds. The lowest BCUT2D eigenvalue weighted by Crippen LogP contribution is -2.11. The van der Waals surface area contributed by atoms with Crippen molar-refractivity contribution in [2.45, 2.75) is 34.6 Å². The summed E-state index contributed by atoms with van der Waals surface area (Å²) < 4.78 is 0. The smallest absolute Gasteiger partial charge is 0.0234 e. The Morgan fingerprint density at radius 2 is 1.50 bits per heavy atom. The average molecular weight is 140 g/mol. The summed E-state index contributed by atoms with van der Waals surface area (Å²) in [7, 11) is 0. The van der Waals surface area contributed by atoms with E-state index in [9.17, 15) is 0 Å². The van der Waals surface area contributed by atoms with Gasteiger partial charge >= 0.3 is 0 Å². The summed E-state index contributed by atoms with van der Waals surface area (Å²) in [4.78, 5) is 0. The third-order valence-corrected chi connectivity index (χ3v) is 2.38. The molecule has 0 aliphatic rings. The molecule has 0 radical (unpaired) electrons. The molecule has 0 saturated heterocycles. The highest BCUT2D eigenvalue weighted by atomic mass is 14.2. The van der Waals surface area contributed by atoms with Crippen molar-refractivity contribution < 1.29 is 0 Å². The monoisotopic (exact) mass is 140 g/mol. The lowest BCUT2D eigenvalue weighted by atomic mass is 9.86. The highest BCUT2D eigenvalue weighted by molar-refractivity contribution is 4.86. The number of hydrogen-bond acceptors (Lipinski definition) is 0. The Kier molecular flexibility index (Phi) is 4.42. The van der Waals surface area contributed by atoms with Gasteiger partial charge in [-0.15, -0.1) is 0 Å². The van der Waals surface area contributed by atoms with Crippen LogP contribution >= 0.6 is 0 Å². The fourth-order valence-corrected chi connectivity index (χ4v) is 1.09. The van der Waals surface area contributed by atoms with Gasteiger partial charge in [-0.3, -0.25) is 0 Å². The minimum absolute atomic E-state index is 0.727. The maximum absolute atomic E-state index is 2.31. The highest BCUT2D eigenvalue weighted by Gasteiger charge is 2.11. The Labute approximate surface area is 65.3 Å². The molecule has 0 aliphatic heterocycles. The van der Waals surface area contributed by atoms with Gasteiger partial charge in [0.25, 0.3) is 0 Å². The van der Waals surface area contributed by atoms with E-state index in [1.165, 1.54) is 0 Å². The second-order valence-corrected chi connectivity index (χ2v) is 3.49. The molecule has 0 bridgehead atoms. The predicted molar refractivity (Wildman–Crippen MR) is 48.0 cm³/mol. The summed E-state index contributed by atoms with van der Waals surface area (Å²) >= 11 is 0. The normalized spacial score (nSPS) is 18.2. The largest absolute Gasteiger partial charge is 0.0914 e. The molecular weight excluding hydrogens is 120 g/mol. The summed E-state index contributed by atoms with van der Waals surface area (Å²) in [5.41, 5.74) is 0. The minimum atomic E-state index is 0.727. The van der Waals surface area contributed by atoms with Gasteiger partial charge in [-0.05, 0) is 24.7 Å². The van der Waals surface area contributed by atoms with Crippen molar-refractivity contribution in [3.63, 3.8) is 0 Å². The van der Waals surface area contributed by atoms with Gasteiger partial charge in [0, 0.05) is 0 Å². The van der Waals surface area contributed by atoms with Gasteiger partial charge in [0.1, 0.15) is 0 Å². The Morgan fingerprint density at radius 3 is 1.80 bits per heavy atom. The quantitative estimate of drug-likeness (QED) is 0.526. The maximum Gasteiger partial charge on any atom is -0.0234 e. The van der Waals surface area contributed by atoms with E-state index in [0.717, 1.165) is 17.8 Å². The van der Waals surface area contributed by atoms with E-state index in [0.29, 0.717) is 0 Å². The van der Waals surface area contributed by atoms with Crippen LogP contribution in [0.1, 0.15) is 34.6 Å². The summed E-state index contributed by atoms with van der Waals surface area (Å²) in [5.74, 6) is 2.33. The molecule has 0 aliphatic carbocycles. The van der Waals surface area contributed by atoms with Crippen molar-refractivity contribution >= 4 is 0 Å². The molecule has 0 fully saturated rings. The number of allylic oxidation sites excluding steroid dienone is 2. The molecule has 0 rings (SSSR count). The number of hydrogen-bond donors (Lipinski definition) is 0. The van der Waals surface area contributed by atoms with Crippen LogP contribution in [0.2, 0.25) is 0 Å². The van der Waals surface area contributed by atoms with Gasteiger partial charge in [0.2, 0.25) is 0 Å². The first kappa shape index (κ1) is 9.74. The molecule has 0 heterocycles. The van der Waals surface area contributed by atoms with Crippen molar-refractivity contribution in [2.24, 2.45) is 17.8 Å². The zero-order valence-electron chi connectivity index (χ0n) is 7.89. The van der Waals surface area contributed by atoms with E-state index in [1.54, 1.807) is 0 Å². The van der Waals surface area contributed by atoms with E-state index in [2.05, 4.69) is 46.8 Å². The fourth-order valence-electron chi connectivity index (χ4n) is 1.09. The van der Waals surface area contributed by atoms with E-state index < -0.39 is 0 Å². The summed E-state index contributed by atoms with van der Waals surface area (Å²) in [6.45, 7) is 11.2. The van der Waals surface area contributed by atoms with Crippen molar-refractivity contribution in [3.8, 4) is 0 Å². The second kappa shape index (κ2) is 4.54. The van der Waals surface area contributed by atoms with Gasteiger partial charge in [-0.2, -0.15) is 0 Å². The van der Waals surface area contributed by atoms with E-state index >= 15 is 0 Å². The Balaban J connectivity index is 3.81. The molecule has 0 aromatic rings. The van der Waals surface area contributed by atoms with Gasteiger partial charge in [-0.25, -0.2) is 0 Å². The van der Waals surface area contributed by atoms with Crippen LogP contribution in [0.25, 0.3) is 0 Å². The van der Waals surface area contributed by atoms with Crippen molar-refractivity contribution in [1.82, 2.24) is 0 Å². The van der Waals surface area contributed by atoms with Crippen molar-refractivity contribution in [1.29, 1.82) is 0 Å². The summed E-state index contributed by atoms with van der Waals surface area (Å²) in [5, 5.41) is 0. The third kappa shape index (κ3) is 3.05. The minimum Gasteiger partial charge on any atom is -0.0914 e. The molecule has 10 heavy (non-hydrogen) atoms. The second-order valence-electron chi connectivity index (χ2n) is 3.49. The molecule has 0 spiro atoms. The maximum atomic E-state index is 2.31. The molecule has 0 heteroatoms. The van der Waals surface area contributed by atoms with Gasteiger partial charge in [0.05, 0.1) is 0 Å². The Bertz CT molecular complexity index is 101. The predicted octanol–water partition coefficient (Wildman–Crippen LogP) is 3.49. The first-order valence-electron chi connectivity index (χ1n) is 4.22. The Hall–Kier alpha value is -0.260. The van der Waals surface area contributed by atoms with Crippen LogP contribution in [0.4, 0.5) is 0 Å². The lowest BCUT2D eigenvalue weighted by Gasteiger charge is -2.20. The molecule has 0 nitrogen and oxygen atoms in total. The summed E-state index contributed by atoms with van der Waals surface area (Å²) in [6, 6.07) is 0. The summed E-state index contributed by atoms with van der Waals surface area (Å²) in [6.07, 6.45) is 4.42. The van der Waals surface area contributed by atoms with Crippen LogP contribution < -0.4 is 0 Å². The van der Waals surface area contributed by atoms with Crippen LogP contribution in [0.5, 0.6) is 0 Å². The van der Waals surface area contributed by atoms with Gasteiger partial charge < -0.3 is 0 Å². The zero-order chi connectivity index (χ0) is 8.15. The highest BCUT2D eigenvalue weighted by Crippen LogP contribution is 2.20. The zero-order valence-corrected chi connectivity index (χ0v) is 7.89. The third-order valence-electron chi connectivity index (χ3n) is 2.38. The molecule has 0 unspecified atom stereocenters. The van der Waals surface area contributed by atoms with Crippen LogP contribution in [0.15, 0.2) is 12.2 Å². The standard InChI is InChI=1S/C10H20/c1-6-7-9(4)10(5)8(2)3/h6-10H,1-5H3/b7-6+/t9-,10+/m1/s1. The van der Waals surface area contributed by atoms with E-state index in [-0.39, 0.29) is 0 Å². The van der Waals surface area contributed by atoms with Crippen LogP contribution in [0, 0.1) is 17.8 Å². The van der Waals surface area contributed by atoms with Gasteiger partial charge in [-0.1, -0.05) is 39.8 Å². The molecule has 60 valence electrons. The van der Waals surface area contributed by atoms with Gasteiger partial charge in [0.15, 0.2) is 0 Å². The first-order chi connectivity index (χ1) is 4.59. The van der Waals surface area contributed by atoms with Crippen LogP contribution in [-0.2, 0) is 0 Å². The van der Waals surface area contributed by atoms with Crippen molar-refractivity contribution in [2.75, 3.05) is 0 Å². The average Bonchev–Trinajstić information content (AvgIpc) is 1.87. The van der Waals surface area contributed by atoms with E-state index in [1.807, 2.05) is 0 Å². The molecule has 0 saturated carbocycles. The Morgan fingerprint density at radius 1 is 1.00 bits per heavy atom. The molecule has 0 aromatic heterocycles. The molecular formula is C10H20. The van der Waals surface area contributed by atoms with Crippen LogP contribution in [0.3, 0.4) is 0 Å². The fraction of sp³-hybridized carbons (Fsp3) is 0.800. The topological polar surface area (TPSA) is 0 Å². The van der Waals surface area contributed by atoms with Crippen molar-refractivity contribution in [3.05, 3.63) is 12.2 Å². The SMILES string of the molecule is C/C=C/[C@@H](C)[C@@H](C)C(C)C. The van der Waals surface area contributed by atoms with Crippen LogP contribution in [-0.4, -0.2) is 0 Å². The van der Waals surface area contributed by atoms with E-state index in [4.69, 9.17) is 0 Å². The first-order valence-corrected chi connectivity index (χ1v) is 4.22. The molecule has 2 atom stereocenters. The number of rotatable bonds is 3. The molecule has 0 N–H and O–H groups in total. The lowest BCUT2D eigenvalue weighted by molar-refractivity contribution is 0.342. The molecule has 0 aromatic carbocycles.